The number of carbonyl (C=O) groups is 1. The van der Waals surface area contributed by atoms with E-state index in [-0.39, 0.29) is 5.91 Å². The van der Waals surface area contributed by atoms with Crippen LogP contribution in [0.2, 0.25) is 0 Å². The van der Waals surface area contributed by atoms with Gasteiger partial charge in [0.25, 0.3) is 5.91 Å². The van der Waals surface area contributed by atoms with Crippen molar-refractivity contribution >= 4 is 5.91 Å². The molecule has 17 heavy (non-hydrogen) atoms. The van der Waals surface area contributed by atoms with Crippen LogP contribution in [0.15, 0.2) is 24.3 Å². The number of rotatable bonds is 5. The van der Waals surface area contributed by atoms with Crippen LogP contribution in [-0.2, 0) is 11.3 Å². The van der Waals surface area contributed by atoms with Crippen LogP contribution in [-0.4, -0.2) is 50.6 Å². The Hall–Kier alpha value is -1.39. The Morgan fingerprint density at radius 1 is 1.18 bits per heavy atom. The van der Waals surface area contributed by atoms with Crippen LogP contribution in [0.1, 0.15) is 15.9 Å². The van der Waals surface area contributed by atoms with Crippen molar-refractivity contribution in [1.29, 1.82) is 0 Å². The average molecular weight is 236 g/mol. The third-order valence-electron chi connectivity index (χ3n) is 2.26. The molecule has 0 saturated heterocycles. The van der Waals surface area contributed by atoms with Crippen LogP contribution < -0.4 is 0 Å². The third-order valence-corrected chi connectivity index (χ3v) is 2.26. The molecule has 0 aliphatic heterocycles. The van der Waals surface area contributed by atoms with Crippen molar-refractivity contribution < 1.29 is 9.53 Å². The quantitative estimate of drug-likeness (QED) is 0.725. The predicted octanol–water partition coefficient (Wildman–Crippen LogP) is 1.42. The van der Waals surface area contributed by atoms with Crippen LogP contribution in [0.3, 0.4) is 0 Å². The van der Waals surface area contributed by atoms with Gasteiger partial charge in [0.05, 0.1) is 13.3 Å². The lowest BCUT2D eigenvalue weighted by atomic mass is 10.1. The topological polar surface area (TPSA) is 32.8 Å². The lowest BCUT2D eigenvalue weighted by molar-refractivity contribution is 0.0443. The minimum atomic E-state index is 0.00838. The molecule has 0 radical (unpaired) electrons. The van der Waals surface area contributed by atoms with E-state index in [2.05, 4.69) is 0 Å². The van der Waals surface area contributed by atoms with E-state index >= 15 is 0 Å². The Morgan fingerprint density at radius 2 is 1.82 bits per heavy atom. The molecule has 1 aromatic rings. The minimum absolute atomic E-state index is 0.00838. The van der Waals surface area contributed by atoms with Gasteiger partial charge in [-0.2, -0.15) is 0 Å². The number of carbonyl (C=O) groups excluding carboxylic acids is 1. The second-order valence-corrected chi connectivity index (χ2v) is 4.41. The Balaban J connectivity index is 2.74. The van der Waals surface area contributed by atoms with Gasteiger partial charge in [0.2, 0.25) is 0 Å². The molecule has 0 aromatic heterocycles. The molecule has 0 atom stereocenters. The average Bonchev–Trinajstić information content (AvgIpc) is 2.28. The number of ether oxygens (including phenoxy) is 1. The fourth-order valence-corrected chi connectivity index (χ4v) is 1.43. The highest BCUT2D eigenvalue weighted by Crippen LogP contribution is 2.12. The lowest BCUT2D eigenvalue weighted by Gasteiger charge is -2.15. The smallest absolute Gasteiger partial charge is 0.253 e. The van der Waals surface area contributed by atoms with Gasteiger partial charge in [-0.25, -0.2) is 0 Å². The summed E-state index contributed by atoms with van der Waals surface area (Å²) in [6.45, 7) is 0.998. The Morgan fingerprint density at radius 3 is 2.41 bits per heavy atom. The fourth-order valence-electron chi connectivity index (χ4n) is 1.43. The fraction of sp³-hybridized carbons (Fsp3) is 0.462. The molecular weight excluding hydrogens is 216 g/mol. The maximum absolute atomic E-state index is 11.9. The number of nitrogens with zero attached hydrogens (tertiary/aromatic N) is 2. The van der Waals surface area contributed by atoms with E-state index in [1.165, 1.54) is 0 Å². The molecule has 0 spiro atoms. The first-order valence-electron chi connectivity index (χ1n) is 5.54. The molecule has 0 N–H and O–H groups in total. The van der Waals surface area contributed by atoms with Crippen LogP contribution in [0.5, 0.6) is 0 Å². The number of hydrogen-bond acceptors (Lipinski definition) is 3. The molecule has 0 bridgehead atoms. The largest absolute Gasteiger partial charge is 0.361 e. The summed E-state index contributed by atoms with van der Waals surface area (Å²) in [4.78, 5) is 15.4. The van der Waals surface area contributed by atoms with E-state index in [0.29, 0.717) is 18.9 Å². The van der Waals surface area contributed by atoms with E-state index in [9.17, 15) is 4.79 Å². The molecule has 94 valence electrons. The van der Waals surface area contributed by atoms with Crippen molar-refractivity contribution in [2.75, 3.05) is 34.9 Å². The zero-order chi connectivity index (χ0) is 12.8. The van der Waals surface area contributed by atoms with E-state index in [4.69, 9.17) is 4.74 Å². The Kier molecular flexibility index (Phi) is 5.12. The summed E-state index contributed by atoms with van der Waals surface area (Å²) in [5, 5.41) is 0. The van der Waals surface area contributed by atoms with Crippen molar-refractivity contribution in [2.24, 2.45) is 0 Å². The van der Waals surface area contributed by atoms with Gasteiger partial charge in [-0.1, -0.05) is 18.2 Å². The normalized spacial score (nSPS) is 10.6. The summed E-state index contributed by atoms with van der Waals surface area (Å²) in [6.07, 6.45) is 0. The summed E-state index contributed by atoms with van der Waals surface area (Å²) in [5.41, 5.74) is 1.63. The van der Waals surface area contributed by atoms with Crippen molar-refractivity contribution in [1.82, 2.24) is 9.80 Å². The van der Waals surface area contributed by atoms with Gasteiger partial charge in [0.1, 0.15) is 0 Å². The number of amides is 1. The van der Waals surface area contributed by atoms with Crippen LogP contribution in [0, 0.1) is 0 Å². The highest BCUT2D eigenvalue weighted by molar-refractivity contribution is 5.95. The summed E-state index contributed by atoms with van der Waals surface area (Å²) in [7, 11) is 7.38. The Labute approximate surface area is 103 Å². The zero-order valence-corrected chi connectivity index (χ0v) is 10.9. The highest BCUT2D eigenvalue weighted by atomic mass is 16.5. The SMILES string of the molecule is CN(C)COCc1ccccc1C(=O)N(C)C. The molecule has 0 aliphatic carbocycles. The van der Waals surface area contributed by atoms with E-state index in [1.807, 2.05) is 43.3 Å². The van der Waals surface area contributed by atoms with Gasteiger partial charge >= 0.3 is 0 Å². The third kappa shape index (κ3) is 4.17. The zero-order valence-electron chi connectivity index (χ0n) is 10.9. The monoisotopic (exact) mass is 236 g/mol. The van der Waals surface area contributed by atoms with Gasteiger partial charge in [-0.3, -0.25) is 9.69 Å². The molecule has 0 heterocycles. The molecule has 1 rings (SSSR count). The molecule has 0 unspecified atom stereocenters. The maximum Gasteiger partial charge on any atom is 0.253 e. The van der Waals surface area contributed by atoms with Gasteiger partial charge in [-0.15, -0.1) is 0 Å². The first-order valence-corrected chi connectivity index (χ1v) is 5.54. The van der Waals surface area contributed by atoms with E-state index in [1.54, 1.807) is 19.0 Å². The van der Waals surface area contributed by atoms with Gasteiger partial charge < -0.3 is 9.64 Å². The van der Waals surface area contributed by atoms with Crippen LogP contribution in [0.4, 0.5) is 0 Å². The molecule has 0 aliphatic rings. The standard InChI is InChI=1S/C13H20N2O2/c1-14(2)10-17-9-11-7-5-6-8-12(11)13(16)15(3)4/h5-8H,9-10H2,1-4H3. The number of hydrogen-bond donors (Lipinski definition) is 0. The molecule has 4 heteroatoms. The summed E-state index contributed by atoms with van der Waals surface area (Å²) in [5.74, 6) is 0.00838. The first-order chi connectivity index (χ1) is 8.02. The van der Waals surface area contributed by atoms with Crippen molar-refractivity contribution in [3.05, 3.63) is 35.4 Å². The molecule has 1 amide bonds. The summed E-state index contributed by atoms with van der Waals surface area (Å²) >= 11 is 0. The Bertz CT molecular complexity index is 375. The van der Waals surface area contributed by atoms with Crippen molar-refractivity contribution in [3.63, 3.8) is 0 Å². The van der Waals surface area contributed by atoms with Crippen LogP contribution in [0.25, 0.3) is 0 Å². The first kappa shape index (κ1) is 13.7. The van der Waals surface area contributed by atoms with Crippen molar-refractivity contribution in [3.8, 4) is 0 Å². The number of benzene rings is 1. The molecule has 1 aromatic carbocycles. The minimum Gasteiger partial charge on any atom is -0.361 e. The molecule has 0 fully saturated rings. The maximum atomic E-state index is 11.9. The molecule has 0 saturated carbocycles. The molecular formula is C13H20N2O2. The van der Waals surface area contributed by atoms with E-state index < -0.39 is 0 Å². The van der Waals surface area contributed by atoms with Gasteiger partial charge in [0, 0.05) is 19.7 Å². The molecule has 4 nitrogen and oxygen atoms in total. The predicted molar refractivity (Wildman–Crippen MR) is 67.8 cm³/mol. The second-order valence-electron chi connectivity index (χ2n) is 4.41. The van der Waals surface area contributed by atoms with E-state index in [0.717, 1.165) is 5.56 Å². The second kappa shape index (κ2) is 6.37. The summed E-state index contributed by atoms with van der Waals surface area (Å²) < 4.78 is 5.51. The van der Waals surface area contributed by atoms with Crippen molar-refractivity contribution in [2.45, 2.75) is 6.61 Å². The lowest BCUT2D eigenvalue weighted by Crippen LogP contribution is -2.23. The van der Waals surface area contributed by atoms with Crippen LogP contribution >= 0.6 is 0 Å². The van der Waals surface area contributed by atoms with Gasteiger partial charge in [0.15, 0.2) is 0 Å². The highest BCUT2D eigenvalue weighted by Gasteiger charge is 2.12. The summed E-state index contributed by atoms with van der Waals surface area (Å²) in [6, 6.07) is 7.54. The van der Waals surface area contributed by atoms with Gasteiger partial charge in [-0.05, 0) is 25.7 Å².